The van der Waals surface area contributed by atoms with Crippen molar-refractivity contribution in [2.45, 2.75) is 11.9 Å². The van der Waals surface area contributed by atoms with Crippen LogP contribution in [0.15, 0.2) is 51.4 Å². The smallest absolute Gasteiger partial charge is 0.123 e. The fourth-order valence-electron chi connectivity index (χ4n) is 1.56. The highest BCUT2D eigenvalue weighted by Gasteiger charge is 2.05. The van der Waals surface area contributed by atoms with Crippen LogP contribution in [-0.2, 0) is 11.9 Å². The second-order valence-corrected chi connectivity index (χ2v) is 6.10. The van der Waals surface area contributed by atoms with Crippen molar-refractivity contribution in [3.05, 3.63) is 62.5 Å². The minimum Gasteiger partial charge on any atom is -0.489 e. The highest BCUT2D eigenvalue weighted by Crippen LogP contribution is 2.27. The summed E-state index contributed by atoms with van der Waals surface area (Å²) < 4.78 is 8.00. The normalized spacial score (nSPS) is 10.4. The van der Waals surface area contributed by atoms with Crippen LogP contribution in [0, 0.1) is 0 Å². The Morgan fingerprint density at radius 2 is 1.72 bits per heavy atom. The van der Waals surface area contributed by atoms with Crippen molar-refractivity contribution in [2.24, 2.45) is 0 Å². The summed E-state index contributed by atoms with van der Waals surface area (Å²) in [5.74, 6) is 0.908. The van der Waals surface area contributed by atoms with Crippen LogP contribution in [-0.4, -0.2) is 0 Å². The Labute approximate surface area is 132 Å². The summed E-state index contributed by atoms with van der Waals surface area (Å²) >= 11 is 10.5. The lowest BCUT2D eigenvalue weighted by Crippen LogP contribution is -1.98. The first-order chi connectivity index (χ1) is 8.70. The van der Waals surface area contributed by atoms with E-state index < -0.39 is 0 Å². The van der Waals surface area contributed by atoms with E-state index in [1.807, 2.05) is 30.3 Å². The van der Waals surface area contributed by atoms with Gasteiger partial charge >= 0.3 is 0 Å². The Kier molecular flexibility index (Phi) is 5.27. The third kappa shape index (κ3) is 3.59. The monoisotopic (exact) mass is 432 g/mol. The molecule has 0 fully saturated rings. The van der Waals surface area contributed by atoms with Crippen molar-refractivity contribution in [2.75, 3.05) is 0 Å². The number of benzene rings is 2. The number of hydrogen-bond acceptors (Lipinski definition) is 1. The molecule has 2 aromatic rings. The maximum absolute atomic E-state index is 5.87. The van der Waals surface area contributed by atoms with Crippen LogP contribution in [0.1, 0.15) is 11.1 Å². The molecule has 0 N–H and O–H groups in total. The van der Waals surface area contributed by atoms with E-state index in [0.29, 0.717) is 6.61 Å². The molecule has 18 heavy (non-hydrogen) atoms. The van der Waals surface area contributed by atoms with Gasteiger partial charge in [-0.3, -0.25) is 0 Å². The van der Waals surface area contributed by atoms with Crippen molar-refractivity contribution in [1.82, 2.24) is 0 Å². The molecule has 0 heterocycles. The van der Waals surface area contributed by atoms with Gasteiger partial charge in [-0.15, -0.1) is 0 Å². The van der Waals surface area contributed by atoms with Crippen molar-refractivity contribution in [1.29, 1.82) is 0 Å². The largest absolute Gasteiger partial charge is 0.489 e. The highest BCUT2D eigenvalue weighted by atomic mass is 79.9. The van der Waals surface area contributed by atoms with Gasteiger partial charge in [0.2, 0.25) is 0 Å². The van der Waals surface area contributed by atoms with Gasteiger partial charge in [-0.2, -0.15) is 0 Å². The maximum Gasteiger partial charge on any atom is 0.123 e. The number of rotatable bonds is 4. The van der Waals surface area contributed by atoms with Crippen LogP contribution in [0.3, 0.4) is 0 Å². The van der Waals surface area contributed by atoms with E-state index in [-0.39, 0.29) is 0 Å². The predicted octanol–water partition coefficient (Wildman–Crippen LogP) is 5.69. The second kappa shape index (κ2) is 6.73. The molecule has 0 radical (unpaired) electrons. The predicted molar refractivity (Wildman–Crippen MR) is 85.2 cm³/mol. The zero-order valence-corrected chi connectivity index (χ0v) is 14.3. The highest BCUT2D eigenvalue weighted by molar-refractivity contribution is 9.10. The molecule has 2 aromatic carbocycles. The molecule has 0 saturated carbocycles. The number of halogens is 3. The summed E-state index contributed by atoms with van der Waals surface area (Å²) in [6.07, 6.45) is 0. The minimum absolute atomic E-state index is 0.559. The lowest BCUT2D eigenvalue weighted by molar-refractivity contribution is 0.303. The van der Waals surface area contributed by atoms with Gasteiger partial charge in [0.15, 0.2) is 0 Å². The zero-order chi connectivity index (χ0) is 13.0. The molecule has 94 valence electrons. The lowest BCUT2D eigenvalue weighted by atomic mass is 10.2. The van der Waals surface area contributed by atoms with E-state index >= 15 is 0 Å². The Morgan fingerprint density at radius 3 is 2.44 bits per heavy atom. The summed E-state index contributed by atoms with van der Waals surface area (Å²) in [4.78, 5) is 0. The Hall–Kier alpha value is -0.320. The van der Waals surface area contributed by atoms with Crippen LogP contribution in [0.2, 0.25) is 0 Å². The third-order valence-electron chi connectivity index (χ3n) is 2.51. The Balaban J connectivity index is 2.13. The molecule has 0 atom stereocenters. The van der Waals surface area contributed by atoms with Crippen LogP contribution in [0.25, 0.3) is 0 Å². The molecule has 2 rings (SSSR count). The Morgan fingerprint density at radius 1 is 0.944 bits per heavy atom. The molecular formula is C14H11Br3O. The van der Waals surface area contributed by atoms with Gasteiger partial charge in [0.25, 0.3) is 0 Å². The van der Waals surface area contributed by atoms with Gasteiger partial charge in [0.05, 0.1) is 0 Å². The first-order valence-corrected chi connectivity index (χ1v) is 8.12. The molecule has 0 saturated heterocycles. The van der Waals surface area contributed by atoms with E-state index in [9.17, 15) is 0 Å². The van der Waals surface area contributed by atoms with Gasteiger partial charge in [-0.1, -0.05) is 66.0 Å². The zero-order valence-electron chi connectivity index (χ0n) is 9.50. The van der Waals surface area contributed by atoms with Gasteiger partial charge < -0.3 is 4.74 Å². The summed E-state index contributed by atoms with van der Waals surface area (Å²) in [6.45, 7) is 0.559. The lowest BCUT2D eigenvalue weighted by Gasteiger charge is -2.11. The summed E-state index contributed by atoms with van der Waals surface area (Å²) in [5.41, 5.74) is 2.28. The van der Waals surface area contributed by atoms with Crippen LogP contribution < -0.4 is 4.74 Å². The minimum atomic E-state index is 0.559. The fraction of sp³-hybridized carbons (Fsp3) is 0.143. The molecule has 0 bridgehead atoms. The Bertz CT molecular complexity index is 540. The van der Waals surface area contributed by atoms with Crippen molar-refractivity contribution in [3.63, 3.8) is 0 Å². The number of ether oxygens (including phenoxy) is 1. The van der Waals surface area contributed by atoms with Crippen LogP contribution in [0.5, 0.6) is 5.75 Å². The molecule has 0 aliphatic carbocycles. The van der Waals surface area contributed by atoms with E-state index in [1.165, 1.54) is 0 Å². The van der Waals surface area contributed by atoms with Gasteiger partial charge in [0, 0.05) is 25.4 Å². The summed E-state index contributed by atoms with van der Waals surface area (Å²) in [5, 5.41) is 0.776. The van der Waals surface area contributed by atoms with Crippen molar-refractivity contribution in [3.8, 4) is 5.75 Å². The van der Waals surface area contributed by atoms with Gasteiger partial charge in [0.1, 0.15) is 12.4 Å². The van der Waals surface area contributed by atoms with E-state index in [1.54, 1.807) is 0 Å². The summed E-state index contributed by atoms with van der Waals surface area (Å²) in [6, 6.07) is 14.1. The molecule has 0 spiro atoms. The molecule has 4 heteroatoms. The molecular weight excluding hydrogens is 424 g/mol. The summed E-state index contributed by atoms with van der Waals surface area (Å²) in [7, 11) is 0. The first kappa shape index (κ1) is 14.1. The number of alkyl halides is 1. The van der Waals surface area contributed by atoms with E-state index in [4.69, 9.17) is 4.74 Å². The van der Waals surface area contributed by atoms with Gasteiger partial charge in [-0.05, 0) is 24.3 Å². The molecule has 0 amide bonds. The third-order valence-corrected chi connectivity index (χ3v) is 4.38. The molecule has 0 aromatic heterocycles. The standard InChI is InChI=1S/C14H11Br3O/c15-8-11-7-12(16)5-6-14(11)18-9-10-3-1-2-4-13(10)17/h1-7H,8-9H2. The fourth-order valence-corrected chi connectivity index (χ4v) is 2.81. The average Bonchev–Trinajstić information content (AvgIpc) is 2.39. The number of hydrogen-bond donors (Lipinski definition) is 0. The van der Waals surface area contributed by atoms with Crippen molar-refractivity contribution < 1.29 is 4.74 Å². The van der Waals surface area contributed by atoms with Crippen LogP contribution in [0.4, 0.5) is 0 Å². The average molecular weight is 435 g/mol. The van der Waals surface area contributed by atoms with Crippen molar-refractivity contribution >= 4 is 47.8 Å². The second-order valence-electron chi connectivity index (χ2n) is 3.77. The topological polar surface area (TPSA) is 9.23 Å². The molecule has 0 aliphatic heterocycles. The molecule has 0 unspecified atom stereocenters. The molecule has 1 nitrogen and oxygen atoms in total. The maximum atomic E-state index is 5.87. The van der Waals surface area contributed by atoms with E-state index in [2.05, 4.69) is 59.9 Å². The van der Waals surface area contributed by atoms with E-state index in [0.717, 1.165) is 31.2 Å². The molecule has 0 aliphatic rings. The first-order valence-electron chi connectivity index (χ1n) is 5.41. The van der Waals surface area contributed by atoms with Gasteiger partial charge in [-0.25, -0.2) is 0 Å². The SMILES string of the molecule is BrCc1cc(Br)ccc1OCc1ccccc1Br. The quantitative estimate of drug-likeness (QED) is 0.562. The van der Waals surface area contributed by atoms with Crippen LogP contribution >= 0.6 is 47.8 Å².